The van der Waals surface area contributed by atoms with Crippen molar-refractivity contribution in [2.24, 2.45) is 5.92 Å². The van der Waals surface area contributed by atoms with E-state index < -0.39 is 0 Å². The molecule has 0 bridgehead atoms. The molecule has 1 aromatic rings. The Morgan fingerprint density at radius 1 is 1.18 bits per heavy atom. The molecule has 0 saturated heterocycles. The number of nitrogens with one attached hydrogen (secondary N) is 1. The zero-order valence-electron chi connectivity index (χ0n) is 11.4. The molecular formula is C16H25N. The van der Waals surface area contributed by atoms with E-state index >= 15 is 0 Å². The Kier molecular flexibility index (Phi) is 5.99. The molecule has 1 aromatic carbocycles. The van der Waals surface area contributed by atoms with Crippen LogP contribution in [0.3, 0.4) is 0 Å². The molecule has 0 fully saturated rings. The van der Waals surface area contributed by atoms with E-state index in [-0.39, 0.29) is 0 Å². The van der Waals surface area contributed by atoms with E-state index in [1.54, 1.807) is 0 Å². The first kappa shape index (κ1) is 14.0. The molecule has 1 nitrogen and oxygen atoms in total. The fraction of sp³-hybridized carbons (Fsp3) is 0.500. The molecule has 0 aliphatic carbocycles. The molecular weight excluding hydrogens is 206 g/mol. The van der Waals surface area contributed by atoms with Crippen LogP contribution >= 0.6 is 0 Å². The van der Waals surface area contributed by atoms with E-state index in [4.69, 9.17) is 0 Å². The maximum absolute atomic E-state index is 4.15. The van der Waals surface area contributed by atoms with Crippen molar-refractivity contribution in [2.45, 2.75) is 39.7 Å². The molecule has 1 N–H and O–H groups in total. The van der Waals surface area contributed by atoms with Gasteiger partial charge in [0.15, 0.2) is 0 Å². The lowest BCUT2D eigenvalue weighted by Gasteiger charge is -2.23. The summed E-state index contributed by atoms with van der Waals surface area (Å²) in [7, 11) is 0. The van der Waals surface area contributed by atoms with Crippen LogP contribution in [0.1, 0.15) is 39.2 Å². The van der Waals surface area contributed by atoms with Crippen molar-refractivity contribution in [3.63, 3.8) is 0 Å². The fourth-order valence-corrected chi connectivity index (χ4v) is 2.22. The van der Waals surface area contributed by atoms with E-state index in [1.807, 2.05) is 6.07 Å². The summed E-state index contributed by atoms with van der Waals surface area (Å²) >= 11 is 0. The summed E-state index contributed by atoms with van der Waals surface area (Å²) in [6, 6.07) is 11.0. The highest BCUT2D eigenvalue weighted by Gasteiger charge is 2.12. The monoisotopic (exact) mass is 231 g/mol. The van der Waals surface area contributed by atoms with Crippen LogP contribution in [-0.4, -0.2) is 12.6 Å². The number of rotatable bonds is 7. The van der Waals surface area contributed by atoms with Crippen LogP contribution in [0.15, 0.2) is 36.9 Å². The topological polar surface area (TPSA) is 12.0 Å². The van der Waals surface area contributed by atoms with Gasteiger partial charge in [-0.15, -0.1) is 0 Å². The van der Waals surface area contributed by atoms with Gasteiger partial charge in [0.25, 0.3) is 0 Å². The van der Waals surface area contributed by atoms with Crippen LogP contribution in [0.25, 0.3) is 5.57 Å². The van der Waals surface area contributed by atoms with Gasteiger partial charge in [0.05, 0.1) is 0 Å². The van der Waals surface area contributed by atoms with Crippen molar-refractivity contribution < 1.29 is 0 Å². The molecule has 1 unspecified atom stereocenters. The highest BCUT2D eigenvalue weighted by Crippen LogP contribution is 2.15. The normalized spacial score (nSPS) is 12.7. The Labute approximate surface area is 106 Å². The summed E-state index contributed by atoms with van der Waals surface area (Å²) in [6.07, 6.45) is 2.48. The zero-order valence-corrected chi connectivity index (χ0v) is 11.4. The number of hydrogen-bond acceptors (Lipinski definition) is 1. The summed E-state index contributed by atoms with van der Waals surface area (Å²) in [5.74, 6) is 0.763. The first-order valence-corrected chi connectivity index (χ1v) is 6.65. The van der Waals surface area contributed by atoms with Gasteiger partial charge >= 0.3 is 0 Å². The number of hydrogen-bond donors (Lipinski definition) is 1. The van der Waals surface area contributed by atoms with Crippen molar-refractivity contribution in [1.82, 2.24) is 5.32 Å². The number of benzene rings is 1. The second-order valence-electron chi connectivity index (χ2n) is 4.72. The Morgan fingerprint density at radius 2 is 1.76 bits per heavy atom. The lowest BCUT2D eigenvalue weighted by atomic mass is 9.95. The molecule has 1 rings (SSSR count). The van der Waals surface area contributed by atoms with E-state index in [0.29, 0.717) is 6.04 Å². The first-order chi connectivity index (χ1) is 8.19. The molecule has 0 aliphatic heterocycles. The van der Waals surface area contributed by atoms with E-state index in [2.05, 4.69) is 56.9 Å². The molecule has 0 saturated carbocycles. The molecule has 0 aliphatic rings. The van der Waals surface area contributed by atoms with Gasteiger partial charge in [0, 0.05) is 12.6 Å². The van der Waals surface area contributed by atoms with Crippen molar-refractivity contribution in [3.8, 4) is 0 Å². The van der Waals surface area contributed by atoms with Crippen LogP contribution in [0.2, 0.25) is 0 Å². The summed E-state index contributed by atoms with van der Waals surface area (Å²) in [5.41, 5.74) is 2.40. The van der Waals surface area contributed by atoms with Gasteiger partial charge < -0.3 is 5.32 Å². The molecule has 0 aromatic heterocycles. The largest absolute Gasteiger partial charge is 0.310 e. The summed E-state index contributed by atoms with van der Waals surface area (Å²) < 4.78 is 0. The van der Waals surface area contributed by atoms with E-state index in [1.165, 1.54) is 24.0 Å². The molecule has 1 heteroatoms. The Bertz CT molecular complexity index is 325. The minimum absolute atomic E-state index is 0.561. The minimum atomic E-state index is 0.561. The third kappa shape index (κ3) is 4.35. The van der Waals surface area contributed by atoms with Crippen molar-refractivity contribution in [1.29, 1.82) is 0 Å². The molecule has 0 radical (unpaired) electrons. The Hall–Kier alpha value is -1.08. The zero-order chi connectivity index (χ0) is 12.7. The van der Waals surface area contributed by atoms with Gasteiger partial charge in [0.1, 0.15) is 0 Å². The summed E-state index contributed by atoms with van der Waals surface area (Å²) in [6.45, 7) is 11.8. The Morgan fingerprint density at radius 3 is 2.29 bits per heavy atom. The molecule has 17 heavy (non-hydrogen) atoms. The SMILES string of the molecule is C=C(CNC(C)C(CC)CC)c1ccccc1. The van der Waals surface area contributed by atoms with Gasteiger partial charge in [-0.3, -0.25) is 0 Å². The van der Waals surface area contributed by atoms with Gasteiger partial charge in [-0.05, 0) is 24.0 Å². The quantitative estimate of drug-likeness (QED) is 0.744. The van der Waals surface area contributed by atoms with Gasteiger partial charge in [0.2, 0.25) is 0 Å². The average Bonchev–Trinajstić information content (AvgIpc) is 2.38. The predicted molar refractivity (Wildman–Crippen MR) is 77.0 cm³/mol. The molecule has 0 heterocycles. The molecule has 0 amide bonds. The van der Waals surface area contributed by atoms with Crippen LogP contribution in [0.4, 0.5) is 0 Å². The van der Waals surface area contributed by atoms with Crippen molar-refractivity contribution in [3.05, 3.63) is 42.5 Å². The Balaban J connectivity index is 2.43. The fourth-order valence-electron chi connectivity index (χ4n) is 2.22. The molecule has 1 atom stereocenters. The minimum Gasteiger partial charge on any atom is -0.310 e. The highest BCUT2D eigenvalue weighted by atomic mass is 14.9. The lowest BCUT2D eigenvalue weighted by molar-refractivity contribution is 0.366. The van der Waals surface area contributed by atoms with Gasteiger partial charge in [-0.2, -0.15) is 0 Å². The van der Waals surface area contributed by atoms with Gasteiger partial charge in [-0.25, -0.2) is 0 Å². The van der Waals surface area contributed by atoms with Crippen LogP contribution in [0, 0.1) is 5.92 Å². The third-order valence-electron chi connectivity index (χ3n) is 3.58. The highest BCUT2D eigenvalue weighted by molar-refractivity contribution is 5.64. The molecule has 94 valence electrons. The first-order valence-electron chi connectivity index (χ1n) is 6.65. The lowest BCUT2D eigenvalue weighted by Crippen LogP contribution is -2.34. The van der Waals surface area contributed by atoms with Crippen molar-refractivity contribution in [2.75, 3.05) is 6.54 Å². The van der Waals surface area contributed by atoms with Gasteiger partial charge in [-0.1, -0.05) is 63.6 Å². The summed E-state index contributed by atoms with van der Waals surface area (Å²) in [5, 5.41) is 3.58. The standard InChI is InChI=1S/C16H25N/c1-5-15(6-2)14(4)17-12-13(3)16-10-8-7-9-11-16/h7-11,14-15,17H,3,5-6,12H2,1-2,4H3. The van der Waals surface area contributed by atoms with E-state index in [9.17, 15) is 0 Å². The second kappa shape index (κ2) is 7.29. The van der Waals surface area contributed by atoms with E-state index in [0.717, 1.165) is 12.5 Å². The van der Waals surface area contributed by atoms with Crippen LogP contribution < -0.4 is 5.32 Å². The predicted octanol–water partition coefficient (Wildman–Crippen LogP) is 4.11. The van der Waals surface area contributed by atoms with Crippen molar-refractivity contribution >= 4 is 5.57 Å². The third-order valence-corrected chi connectivity index (χ3v) is 3.58. The van der Waals surface area contributed by atoms with Crippen LogP contribution in [0.5, 0.6) is 0 Å². The molecule has 0 spiro atoms. The van der Waals surface area contributed by atoms with Crippen LogP contribution in [-0.2, 0) is 0 Å². The smallest absolute Gasteiger partial charge is 0.0208 e. The second-order valence-corrected chi connectivity index (χ2v) is 4.72. The average molecular weight is 231 g/mol. The maximum atomic E-state index is 4.15. The summed E-state index contributed by atoms with van der Waals surface area (Å²) in [4.78, 5) is 0. The maximum Gasteiger partial charge on any atom is 0.0208 e.